The summed E-state index contributed by atoms with van der Waals surface area (Å²) in [6, 6.07) is 2.69. The van der Waals surface area contributed by atoms with Crippen LogP contribution in [-0.4, -0.2) is 43.1 Å². The number of hydrogen-bond acceptors (Lipinski definition) is 3. The minimum absolute atomic E-state index is 0.0223. The van der Waals surface area contributed by atoms with Crippen molar-refractivity contribution in [3.8, 4) is 0 Å². The molecule has 5 nitrogen and oxygen atoms in total. The summed E-state index contributed by atoms with van der Waals surface area (Å²) in [7, 11) is 3.05. The zero-order chi connectivity index (χ0) is 14.3. The number of carbonyl (C=O) groups excluding carboxylic acids is 3. The predicted molar refractivity (Wildman–Crippen MR) is 66.5 cm³/mol. The number of carbonyl (C=O) groups is 3. The maximum atomic E-state index is 13.9. The Morgan fingerprint density at radius 3 is 2.53 bits per heavy atom. The zero-order valence-corrected chi connectivity index (χ0v) is 10.9. The first-order valence-corrected chi connectivity index (χ1v) is 5.69. The van der Waals surface area contributed by atoms with Crippen LogP contribution in [0.25, 0.3) is 0 Å². The molecule has 1 aromatic carbocycles. The molecule has 0 aliphatic carbocycles. The maximum absolute atomic E-state index is 13.9. The van der Waals surface area contributed by atoms with Crippen molar-refractivity contribution < 1.29 is 18.8 Å². The highest BCUT2D eigenvalue weighted by Gasteiger charge is 2.39. The molecular weight excluding hydrogens is 251 g/mol. The van der Waals surface area contributed by atoms with Crippen molar-refractivity contribution in [2.75, 3.05) is 25.5 Å². The molecule has 0 spiro atoms. The average molecular weight is 264 g/mol. The number of amides is 2. The van der Waals surface area contributed by atoms with E-state index in [1.165, 1.54) is 31.1 Å². The number of benzene rings is 1. The fourth-order valence-electron chi connectivity index (χ4n) is 1.95. The average Bonchev–Trinajstić information content (AvgIpc) is 2.54. The highest BCUT2D eigenvalue weighted by molar-refractivity contribution is 6.52. The van der Waals surface area contributed by atoms with E-state index >= 15 is 0 Å². The Balaban J connectivity index is 2.47. The monoisotopic (exact) mass is 264 g/mol. The van der Waals surface area contributed by atoms with Crippen molar-refractivity contribution in [1.82, 2.24) is 4.90 Å². The molecule has 0 saturated carbocycles. The molecule has 1 heterocycles. The first kappa shape index (κ1) is 13.2. The van der Waals surface area contributed by atoms with Crippen LogP contribution >= 0.6 is 0 Å². The molecule has 0 aromatic heterocycles. The van der Waals surface area contributed by atoms with E-state index in [1.54, 1.807) is 6.92 Å². The molecule has 0 atom stereocenters. The van der Waals surface area contributed by atoms with Gasteiger partial charge in [0.25, 0.3) is 11.7 Å². The van der Waals surface area contributed by atoms with Crippen LogP contribution in [0.3, 0.4) is 0 Å². The second kappa shape index (κ2) is 4.46. The van der Waals surface area contributed by atoms with Crippen molar-refractivity contribution in [3.63, 3.8) is 0 Å². The number of anilines is 1. The number of Topliss-reactive ketones (excluding diaryl/α,β-unsaturated/α-hetero) is 1. The molecule has 0 bridgehead atoms. The lowest BCUT2D eigenvalue weighted by Gasteiger charge is -2.19. The summed E-state index contributed by atoms with van der Waals surface area (Å²) in [6.45, 7) is 1.29. The van der Waals surface area contributed by atoms with Crippen LogP contribution < -0.4 is 4.90 Å². The van der Waals surface area contributed by atoms with Gasteiger partial charge in [-0.15, -0.1) is 0 Å². The van der Waals surface area contributed by atoms with Crippen LogP contribution in [0, 0.1) is 12.7 Å². The van der Waals surface area contributed by atoms with Gasteiger partial charge in [-0.05, 0) is 24.6 Å². The summed E-state index contributed by atoms with van der Waals surface area (Å²) in [6.07, 6.45) is 0. The first-order chi connectivity index (χ1) is 8.82. The third kappa shape index (κ3) is 2.09. The first-order valence-electron chi connectivity index (χ1n) is 5.69. The smallest absolute Gasteiger partial charge is 0.300 e. The quantitative estimate of drug-likeness (QED) is 0.741. The summed E-state index contributed by atoms with van der Waals surface area (Å²) >= 11 is 0. The van der Waals surface area contributed by atoms with Crippen molar-refractivity contribution in [2.24, 2.45) is 0 Å². The van der Waals surface area contributed by atoms with Crippen LogP contribution in [0.4, 0.5) is 10.1 Å². The standard InChI is InChI=1S/C13H13FN2O3/c1-7-4-8-11(9(14)5-7)16(13(19)12(8)18)6-10(17)15(2)3/h4-5H,6H2,1-3H3. The molecule has 0 fully saturated rings. The van der Waals surface area contributed by atoms with Gasteiger partial charge in [-0.3, -0.25) is 19.3 Å². The molecule has 19 heavy (non-hydrogen) atoms. The summed E-state index contributed by atoms with van der Waals surface area (Å²) in [5.41, 5.74) is 0.475. The maximum Gasteiger partial charge on any atom is 0.300 e. The van der Waals surface area contributed by atoms with E-state index in [2.05, 4.69) is 0 Å². The SMILES string of the molecule is Cc1cc(F)c2c(c1)C(=O)C(=O)N2CC(=O)N(C)C. The Labute approximate surface area is 109 Å². The molecule has 1 aliphatic rings. The normalized spacial score (nSPS) is 13.8. The number of ketones is 1. The van der Waals surface area contributed by atoms with Gasteiger partial charge in [0.1, 0.15) is 12.4 Å². The Hall–Kier alpha value is -2.24. The molecule has 2 rings (SSSR count). The van der Waals surface area contributed by atoms with E-state index in [0.717, 1.165) is 4.90 Å². The summed E-state index contributed by atoms with van der Waals surface area (Å²) in [5.74, 6) is -2.69. The molecule has 0 unspecified atom stereocenters. The number of likely N-dealkylation sites (N-methyl/N-ethyl adjacent to an activating group) is 1. The van der Waals surface area contributed by atoms with Crippen molar-refractivity contribution in [1.29, 1.82) is 0 Å². The Morgan fingerprint density at radius 2 is 1.95 bits per heavy atom. The van der Waals surface area contributed by atoms with Gasteiger partial charge < -0.3 is 4.90 Å². The van der Waals surface area contributed by atoms with Crippen LogP contribution in [0.15, 0.2) is 12.1 Å². The molecule has 0 N–H and O–H groups in total. The van der Waals surface area contributed by atoms with Gasteiger partial charge in [0.2, 0.25) is 5.91 Å². The van der Waals surface area contributed by atoms with Gasteiger partial charge in [-0.1, -0.05) is 0 Å². The second-order valence-electron chi connectivity index (χ2n) is 4.65. The predicted octanol–water partition coefficient (Wildman–Crippen LogP) is 0.752. The largest absolute Gasteiger partial charge is 0.347 e. The van der Waals surface area contributed by atoms with E-state index in [0.29, 0.717) is 5.56 Å². The lowest BCUT2D eigenvalue weighted by atomic mass is 10.1. The van der Waals surface area contributed by atoms with Crippen molar-refractivity contribution in [3.05, 3.63) is 29.1 Å². The number of nitrogens with zero attached hydrogens (tertiary/aromatic N) is 2. The van der Waals surface area contributed by atoms with E-state index in [-0.39, 0.29) is 23.7 Å². The van der Waals surface area contributed by atoms with Crippen LogP contribution in [-0.2, 0) is 9.59 Å². The van der Waals surface area contributed by atoms with Crippen LogP contribution in [0.2, 0.25) is 0 Å². The van der Waals surface area contributed by atoms with Crippen molar-refractivity contribution in [2.45, 2.75) is 6.92 Å². The molecule has 0 saturated heterocycles. The van der Waals surface area contributed by atoms with Gasteiger partial charge in [-0.25, -0.2) is 4.39 Å². The van der Waals surface area contributed by atoms with E-state index in [1.807, 2.05) is 0 Å². The number of halogens is 1. The summed E-state index contributed by atoms with van der Waals surface area (Å²) in [5, 5.41) is 0. The third-order valence-electron chi connectivity index (χ3n) is 2.95. The van der Waals surface area contributed by atoms with E-state index < -0.39 is 17.5 Å². The van der Waals surface area contributed by atoms with Gasteiger partial charge in [0.05, 0.1) is 11.3 Å². The molecule has 100 valence electrons. The minimum Gasteiger partial charge on any atom is -0.347 e. The molecule has 2 amide bonds. The zero-order valence-electron chi connectivity index (χ0n) is 10.9. The Morgan fingerprint density at radius 1 is 1.32 bits per heavy atom. The van der Waals surface area contributed by atoms with E-state index in [4.69, 9.17) is 0 Å². The molecule has 0 radical (unpaired) electrons. The molecular formula is C13H13FN2O3. The van der Waals surface area contributed by atoms with Crippen molar-refractivity contribution >= 4 is 23.3 Å². The van der Waals surface area contributed by atoms with Gasteiger partial charge in [-0.2, -0.15) is 0 Å². The van der Waals surface area contributed by atoms with Gasteiger partial charge in [0, 0.05) is 14.1 Å². The second-order valence-corrected chi connectivity index (χ2v) is 4.65. The molecule has 6 heteroatoms. The summed E-state index contributed by atoms with van der Waals surface area (Å²) in [4.78, 5) is 37.4. The van der Waals surface area contributed by atoms with E-state index in [9.17, 15) is 18.8 Å². The topological polar surface area (TPSA) is 57.7 Å². The van der Waals surface area contributed by atoms with Gasteiger partial charge in [0.15, 0.2) is 0 Å². The van der Waals surface area contributed by atoms with Crippen LogP contribution in [0.5, 0.6) is 0 Å². The molecule has 1 aliphatic heterocycles. The highest BCUT2D eigenvalue weighted by Crippen LogP contribution is 2.32. The molecule has 1 aromatic rings. The van der Waals surface area contributed by atoms with Crippen LogP contribution in [0.1, 0.15) is 15.9 Å². The fraction of sp³-hybridized carbons (Fsp3) is 0.308. The lowest BCUT2D eigenvalue weighted by Crippen LogP contribution is -2.39. The third-order valence-corrected chi connectivity index (χ3v) is 2.95. The Bertz CT molecular complexity index is 596. The minimum atomic E-state index is -0.866. The number of hydrogen-bond donors (Lipinski definition) is 0. The number of fused-ring (bicyclic) bond motifs is 1. The number of aryl methyl sites for hydroxylation is 1. The Kier molecular flexibility index (Phi) is 3.09. The number of rotatable bonds is 2. The summed E-state index contributed by atoms with van der Waals surface area (Å²) < 4.78 is 13.9. The lowest BCUT2D eigenvalue weighted by molar-refractivity contribution is -0.128. The van der Waals surface area contributed by atoms with Gasteiger partial charge >= 0.3 is 0 Å². The fourth-order valence-corrected chi connectivity index (χ4v) is 1.95. The highest BCUT2D eigenvalue weighted by atomic mass is 19.1.